The predicted octanol–water partition coefficient (Wildman–Crippen LogP) is 0.734. The molecule has 3 rings (SSSR count). The second-order valence-corrected chi connectivity index (χ2v) is 5.38. The van der Waals surface area contributed by atoms with E-state index in [1.165, 1.54) is 5.01 Å². The van der Waals surface area contributed by atoms with Crippen LogP contribution in [-0.2, 0) is 4.79 Å². The van der Waals surface area contributed by atoms with Gasteiger partial charge in [-0.25, -0.2) is 9.97 Å². The minimum absolute atomic E-state index is 0.0385. The minimum Gasteiger partial charge on any atom is -0.341 e. The molecular weight excluding hydrogens is 270 g/mol. The molecule has 7 heteroatoms. The minimum atomic E-state index is -0.354. The number of carbonyl (C=O) groups is 2. The predicted molar refractivity (Wildman–Crippen MR) is 76.5 cm³/mol. The van der Waals surface area contributed by atoms with E-state index in [0.29, 0.717) is 24.6 Å². The molecule has 0 atom stereocenters. The van der Waals surface area contributed by atoms with Crippen molar-refractivity contribution < 1.29 is 9.59 Å². The van der Waals surface area contributed by atoms with Gasteiger partial charge in [0, 0.05) is 32.3 Å². The van der Waals surface area contributed by atoms with Crippen LogP contribution in [0.5, 0.6) is 0 Å². The van der Waals surface area contributed by atoms with Crippen molar-refractivity contribution in [1.29, 1.82) is 0 Å². The van der Waals surface area contributed by atoms with Crippen LogP contribution in [0, 0.1) is 0 Å². The van der Waals surface area contributed by atoms with E-state index in [0.717, 1.165) is 38.8 Å². The Morgan fingerprint density at radius 3 is 2.67 bits per heavy atom. The molecule has 2 aliphatic heterocycles. The van der Waals surface area contributed by atoms with Crippen LogP contribution in [0.15, 0.2) is 12.3 Å². The number of hydrogen-bond acceptors (Lipinski definition) is 5. The molecule has 0 spiro atoms. The van der Waals surface area contributed by atoms with E-state index in [1.807, 2.05) is 0 Å². The Kier molecular flexibility index (Phi) is 3.98. The molecule has 0 radical (unpaired) electrons. The maximum atomic E-state index is 12.2. The summed E-state index contributed by atoms with van der Waals surface area (Å²) in [6.45, 7) is 2.42. The lowest BCUT2D eigenvalue weighted by molar-refractivity contribution is -0.135. The number of aromatic nitrogens is 2. The molecule has 1 aromatic rings. The van der Waals surface area contributed by atoms with E-state index in [9.17, 15) is 9.59 Å². The summed E-state index contributed by atoms with van der Waals surface area (Å²) >= 11 is 0. The van der Waals surface area contributed by atoms with Crippen molar-refractivity contribution in [1.82, 2.24) is 20.4 Å². The number of nitrogens with zero attached hydrogens (tertiary/aromatic N) is 4. The third-order valence-electron chi connectivity index (χ3n) is 3.82. The average molecular weight is 289 g/mol. The number of hydrazine groups is 1. The largest absolute Gasteiger partial charge is 0.341 e. The van der Waals surface area contributed by atoms with Crippen molar-refractivity contribution in [2.45, 2.75) is 32.1 Å². The molecule has 0 aromatic carbocycles. The summed E-state index contributed by atoms with van der Waals surface area (Å²) < 4.78 is 0. The fraction of sp³-hybridized carbons (Fsp3) is 0.571. The van der Waals surface area contributed by atoms with Crippen molar-refractivity contribution >= 4 is 17.8 Å². The number of anilines is 1. The van der Waals surface area contributed by atoms with Crippen LogP contribution in [-0.4, -0.2) is 46.4 Å². The molecule has 0 bridgehead atoms. The van der Waals surface area contributed by atoms with Crippen LogP contribution >= 0.6 is 0 Å². The fourth-order valence-electron chi connectivity index (χ4n) is 2.65. The summed E-state index contributed by atoms with van der Waals surface area (Å²) in [6, 6.07) is 1.57. The van der Waals surface area contributed by atoms with Gasteiger partial charge in [0.25, 0.3) is 5.91 Å². The number of amides is 2. The quantitative estimate of drug-likeness (QED) is 0.887. The van der Waals surface area contributed by atoms with Gasteiger partial charge < -0.3 is 4.90 Å². The molecule has 0 saturated carbocycles. The highest BCUT2D eigenvalue weighted by Gasteiger charge is 2.22. The third-order valence-corrected chi connectivity index (χ3v) is 3.82. The molecule has 112 valence electrons. The molecular formula is C14H19N5O2. The summed E-state index contributed by atoms with van der Waals surface area (Å²) in [5.41, 5.74) is 2.94. The van der Waals surface area contributed by atoms with Gasteiger partial charge in [-0.05, 0) is 31.7 Å². The van der Waals surface area contributed by atoms with Gasteiger partial charge in [0.2, 0.25) is 11.9 Å². The summed E-state index contributed by atoms with van der Waals surface area (Å²) in [6.07, 6.45) is 6.13. The van der Waals surface area contributed by atoms with Crippen LogP contribution in [0.25, 0.3) is 0 Å². The first kappa shape index (κ1) is 13.8. The lowest BCUT2D eigenvalue weighted by Crippen LogP contribution is -2.48. The molecule has 2 aliphatic rings. The third kappa shape index (κ3) is 3.12. The van der Waals surface area contributed by atoms with E-state index in [1.54, 1.807) is 12.3 Å². The summed E-state index contributed by atoms with van der Waals surface area (Å²) in [5, 5.41) is 1.39. The molecule has 0 unspecified atom stereocenters. The van der Waals surface area contributed by atoms with E-state index in [-0.39, 0.29) is 11.8 Å². The zero-order valence-corrected chi connectivity index (χ0v) is 11.9. The topological polar surface area (TPSA) is 78.4 Å². The van der Waals surface area contributed by atoms with Crippen LogP contribution < -0.4 is 10.3 Å². The lowest BCUT2D eigenvalue weighted by atomic mass is 10.1. The Bertz CT molecular complexity index is 542. The number of piperidine rings is 1. The normalized spacial score (nSPS) is 19.0. The van der Waals surface area contributed by atoms with Gasteiger partial charge in [-0.1, -0.05) is 0 Å². The number of nitrogens with one attached hydrogen (secondary N) is 1. The van der Waals surface area contributed by atoms with E-state index >= 15 is 0 Å². The molecule has 0 aliphatic carbocycles. The number of carbonyl (C=O) groups excluding carboxylic acids is 2. The summed E-state index contributed by atoms with van der Waals surface area (Å²) in [5.74, 6) is 0.196. The first-order valence-corrected chi connectivity index (χ1v) is 7.43. The maximum absolute atomic E-state index is 12.2. The van der Waals surface area contributed by atoms with Gasteiger partial charge in [-0.15, -0.1) is 0 Å². The monoisotopic (exact) mass is 289 g/mol. The Hall–Kier alpha value is -2.18. The van der Waals surface area contributed by atoms with E-state index in [4.69, 9.17) is 0 Å². The highest BCUT2D eigenvalue weighted by atomic mass is 16.2. The van der Waals surface area contributed by atoms with Crippen LogP contribution in [0.2, 0.25) is 0 Å². The van der Waals surface area contributed by atoms with Gasteiger partial charge in [-0.3, -0.25) is 20.0 Å². The zero-order chi connectivity index (χ0) is 14.7. The highest BCUT2D eigenvalue weighted by Crippen LogP contribution is 2.15. The van der Waals surface area contributed by atoms with Gasteiger partial charge in [0.05, 0.1) is 0 Å². The van der Waals surface area contributed by atoms with Crippen molar-refractivity contribution in [2.75, 3.05) is 24.5 Å². The van der Waals surface area contributed by atoms with Crippen molar-refractivity contribution in [3.05, 3.63) is 18.0 Å². The number of rotatable bonds is 3. The van der Waals surface area contributed by atoms with Gasteiger partial charge >= 0.3 is 0 Å². The Morgan fingerprint density at radius 2 is 1.90 bits per heavy atom. The van der Waals surface area contributed by atoms with Gasteiger partial charge in [0.1, 0.15) is 5.69 Å². The second kappa shape index (κ2) is 6.07. The molecule has 2 amide bonds. The fourth-order valence-corrected chi connectivity index (χ4v) is 2.65. The van der Waals surface area contributed by atoms with Crippen molar-refractivity contribution in [3.8, 4) is 0 Å². The summed E-state index contributed by atoms with van der Waals surface area (Å²) in [4.78, 5) is 34.5. The van der Waals surface area contributed by atoms with Crippen LogP contribution in [0.1, 0.15) is 42.6 Å². The second-order valence-electron chi connectivity index (χ2n) is 5.38. The molecule has 7 nitrogen and oxygen atoms in total. The van der Waals surface area contributed by atoms with Gasteiger partial charge in [-0.2, -0.15) is 0 Å². The van der Waals surface area contributed by atoms with Crippen LogP contribution in [0.4, 0.5) is 5.95 Å². The first-order valence-electron chi connectivity index (χ1n) is 7.43. The molecule has 2 saturated heterocycles. The Labute approximate surface area is 123 Å². The number of hydrogen-bond donors (Lipinski definition) is 1. The molecule has 1 N–H and O–H groups in total. The molecule has 21 heavy (non-hydrogen) atoms. The SMILES string of the molecule is O=C(NN1CCCCC1=O)c1ccnc(N2CCCC2)n1. The first-order chi connectivity index (χ1) is 10.2. The highest BCUT2D eigenvalue weighted by molar-refractivity contribution is 5.93. The lowest BCUT2D eigenvalue weighted by Gasteiger charge is -2.26. The average Bonchev–Trinajstić information content (AvgIpc) is 3.04. The molecule has 3 heterocycles. The van der Waals surface area contributed by atoms with Gasteiger partial charge in [0.15, 0.2) is 0 Å². The van der Waals surface area contributed by atoms with Crippen molar-refractivity contribution in [2.24, 2.45) is 0 Å². The van der Waals surface area contributed by atoms with Crippen LogP contribution in [0.3, 0.4) is 0 Å². The Morgan fingerprint density at radius 1 is 1.14 bits per heavy atom. The zero-order valence-electron chi connectivity index (χ0n) is 11.9. The van der Waals surface area contributed by atoms with E-state index < -0.39 is 0 Å². The smallest absolute Gasteiger partial charge is 0.288 e. The van der Waals surface area contributed by atoms with E-state index in [2.05, 4.69) is 20.3 Å². The molecule has 2 fully saturated rings. The maximum Gasteiger partial charge on any atom is 0.288 e. The standard InChI is InChI=1S/C14H19N5O2/c20-12-5-1-2-10-19(12)17-13(21)11-6-7-15-14(16-11)18-8-3-4-9-18/h6-7H,1-5,8-10H2,(H,17,21). The molecule has 1 aromatic heterocycles. The van der Waals surface area contributed by atoms with Crippen molar-refractivity contribution in [3.63, 3.8) is 0 Å². The summed E-state index contributed by atoms with van der Waals surface area (Å²) in [7, 11) is 0. The Balaban J connectivity index is 1.69.